The minimum atomic E-state index is -0.0509. The number of aromatic nitrogens is 1. The number of aliphatic hydroxyl groups is 1. The fraction of sp³-hybridized carbons (Fsp3) is 0.167. The Labute approximate surface area is 75.0 Å². The highest BCUT2D eigenvalue weighted by Gasteiger charge is 1.97. The van der Waals surface area contributed by atoms with Crippen LogP contribution in [0.4, 0.5) is 5.82 Å². The highest BCUT2D eigenvalue weighted by Crippen LogP contribution is 2.14. The van der Waals surface area contributed by atoms with Crippen molar-refractivity contribution in [1.29, 1.82) is 0 Å². The van der Waals surface area contributed by atoms with Crippen LogP contribution in [0.2, 0.25) is 5.15 Å². The lowest BCUT2D eigenvalue weighted by molar-refractivity contribution is 0.282. The smallest absolute Gasteiger partial charge is 0.137 e. The molecule has 0 aliphatic rings. The molecule has 5 heteroatoms. The van der Waals surface area contributed by atoms with Gasteiger partial charge >= 0.3 is 0 Å². The van der Waals surface area contributed by atoms with E-state index in [-0.39, 0.29) is 6.61 Å². The fourth-order valence-electron chi connectivity index (χ4n) is 0.698. The Balaban J connectivity index is 3.02. The van der Waals surface area contributed by atoms with Crippen molar-refractivity contribution in [2.24, 2.45) is 0 Å². The third-order valence-corrected chi connectivity index (χ3v) is 1.57. The summed E-state index contributed by atoms with van der Waals surface area (Å²) < 4.78 is 2.53. The summed E-state index contributed by atoms with van der Waals surface area (Å²) in [6.07, 6.45) is 0. The summed E-state index contributed by atoms with van der Waals surface area (Å²) in [5.41, 5.74) is 0.710. The second-order valence-electron chi connectivity index (χ2n) is 1.95. The Kier molecular flexibility index (Phi) is 2.99. The van der Waals surface area contributed by atoms with Crippen molar-refractivity contribution >= 4 is 30.2 Å². The Hall–Kier alpha value is -0.450. The molecule has 0 saturated heterocycles. The van der Waals surface area contributed by atoms with Gasteiger partial charge in [-0.3, -0.25) is 0 Å². The quantitative estimate of drug-likeness (QED) is 0.489. The molecule has 3 nitrogen and oxygen atoms in total. The molecule has 0 aromatic carbocycles. The monoisotopic (exact) mass is 190 g/mol. The number of halogens is 1. The first-order chi connectivity index (χ1) is 5.26. The molecule has 0 atom stereocenters. The third-order valence-electron chi connectivity index (χ3n) is 1.15. The van der Waals surface area contributed by atoms with Gasteiger partial charge in [-0.2, -0.15) is 0 Å². The van der Waals surface area contributed by atoms with Crippen molar-refractivity contribution < 1.29 is 5.11 Å². The second kappa shape index (κ2) is 3.80. The lowest BCUT2D eigenvalue weighted by Gasteiger charge is -2.01. The molecule has 0 saturated carbocycles. The molecule has 1 rings (SSSR count). The molecule has 1 heterocycles. The number of nitrogens with one attached hydrogen (secondary N) is 1. The van der Waals surface area contributed by atoms with Crippen LogP contribution in [-0.4, -0.2) is 10.1 Å². The van der Waals surface area contributed by atoms with Gasteiger partial charge in [-0.25, -0.2) is 4.98 Å². The number of hydrogen-bond acceptors (Lipinski definition) is 4. The van der Waals surface area contributed by atoms with Crippen molar-refractivity contribution in [3.05, 3.63) is 22.8 Å². The summed E-state index contributed by atoms with van der Waals surface area (Å²) in [4.78, 5) is 3.87. The highest BCUT2D eigenvalue weighted by atomic mass is 35.5. The standard InChI is InChI=1S/C6H7ClN2OS/c7-5-1-4(3-10)2-6(8-5)9-11/h1-2,10-11H,3H2,(H,8,9). The fourth-order valence-corrected chi connectivity index (χ4v) is 1.04. The van der Waals surface area contributed by atoms with Crippen LogP contribution >= 0.6 is 24.4 Å². The number of thiol groups is 1. The number of hydrogen-bond donors (Lipinski definition) is 3. The van der Waals surface area contributed by atoms with E-state index in [4.69, 9.17) is 16.7 Å². The van der Waals surface area contributed by atoms with E-state index in [0.717, 1.165) is 0 Å². The van der Waals surface area contributed by atoms with Crippen LogP contribution in [0.3, 0.4) is 0 Å². The molecular weight excluding hydrogens is 184 g/mol. The second-order valence-corrected chi connectivity index (χ2v) is 2.56. The molecule has 0 amide bonds. The first-order valence-corrected chi connectivity index (χ1v) is 3.76. The molecule has 0 spiro atoms. The van der Waals surface area contributed by atoms with E-state index in [1.165, 1.54) is 0 Å². The number of nitrogens with zero attached hydrogens (tertiary/aromatic N) is 1. The van der Waals surface area contributed by atoms with E-state index < -0.39 is 0 Å². The van der Waals surface area contributed by atoms with E-state index >= 15 is 0 Å². The molecule has 2 N–H and O–H groups in total. The maximum absolute atomic E-state index is 8.74. The number of pyridine rings is 1. The lowest BCUT2D eigenvalue weighted by Crippen LogP contribution is -1.90. The van der Waals surface area contributed by atoms with Gasteiger partial charge in [-0.1, -0.05) is 24.4 Å². The zero-order valence-corrected chi connectivity index (χ0v) is 7.23. The minimum absolute atomic E-state index is 0.0509. The lowest BCUT2D eigenvalue weighted by atomic mass is 10.3. The molecular formula is C6H7ClN2OS. The van der Waals surface area contributed by atoms with Gasteiger partial charge in [0.2, 0.25) is 0 Å². The Morgan fingerprint density at radius 2 is 2.36 bits per heavy atom. The molecule has 60 valence electrons. The van der Waals surface area contributed by atoms with Crippen LogP contribution in [-0.2, 0) is 6.61 Å². The van der Waals surface area contributed by atoms with Crippen LogP contribution in [0, 0.1) is 0 Å². The first kappa shape index (κ1) is 8.64. The van der Waals surface area contributed by atoms with Crippen LogP contribution in [0.1, 0.15) is 5.56 Å². The number of aliphatic hydroxyl groups excluding tert-OH is 1. The third kappa shape index (κ3) is 2.25. The van der Waals surface area contributed by atoms with Crippen molar-refractivity contribution in [2.75, 3.05) is 4.72 Å². The molecule has 0 aliphatic heterocycles. The normalized spacial score (nSPS) is 9.73. The van der Waals surface area contributed by atoms with E-state index in [9.17, 15) is 0 Å². The maximum Gasteiger partial charge on any atom is 0.137 e. The van der Waals surface area contributed by atoms with Gasteiger partial charge in [-0.15, -0.1) is 0 Å². The van der Waals surface area contributed by atoms with E-state index in [2.05, 4.69) is 22.5 Å². The minimum Gasteiger partial charge on any atom is -0.392 e. The van der Waals surface area contributed by atoms with E-state index in [0.29, 0.717) is 16.5 Å². The largest absolute Gasteiger partial charge is 0.392 e. The SMILES string of the molecule is OCc1cc(Cl)nc(NS)c1. The molecule has 11 heavy (non-hydrogen) atoms. The molecule has 0 bridgehead atoms. The first-order valence-electron chi connectivity index (χ1n) is 2.93. The van der Waals surface area contributed by atoms with Gasteiger partial charge < -0.3 is 9.83 Å². The van der Waals surface area contributed by atoms with E-state index in [1.807, 2.05) is 0 Å². The molecule has 1 aromatic heterocycles. The summed E-state index contributed by atoms with van der Waals surface area (Å²) in [6, 6.07) is 3.26. The van der Waals surface area contributed by atoms with Gasteiger partial charge in [0.15, 0.2) is 0 Å². The summed E-state index contributed by atoms with van der Waals surface area (Å²) >= 11 is 9.40. The molecule has 0 radical (unpaired) electrons. The zero-order valence-electron chi connectivity index (χ0n) is 5.58. The van der Waals surface area contributed by atoms with E-state index in [1.54, 1.807) is 12.1 Å². The van der Waals surface area contributed by atoms with Crippen molar-refractivity contribution in [2.45, 2.75) is 6.61 Å². The van der Waals surface area contributed by atoms with Gasteiger partial charge in [-0.05, 0) is 17.7 Å². The Bertz CT molecular complexity index is 234. The Morgan fingerprint density at radius 1 is 1.64 bits per heavy atom. The maximum atomic E-state index is 8.74. The molecule has 0 aliphatic carbocycles. The van der Waals surface area contributed by atoms with Crippen molar-refractivity contribution in [3.8, 4) is 0 Å². The van der Waals surface area contributed by atoms with Gasteiger partial charge in [0.25, 0.3) is 0 Å². The van der Waals surface area contributed by atoms with Crippen molar-refractivity contribution in [1.82, 2.24) is 4.98 Å². The van der Waals surface area contributed by atoms with Crippen LogP contribution in [0.15, 0.2) is 12.1 Å². The average molecular weight is 191 g/mol. The van der Waals surface area contributed by atoms with Crippen LogP contribution in [0.25, 0.3) is 0 Å². The average Bonchev–Trinajstić information content (AvgIpc) is 2.03. The molecule has 1 aromatic rings. The number of rotatable bonds is 2. The number of anilines is 1. The van der Waals surface area contributed by atoms with Crippen LogP contribution < -0.4 is 4.72 Å². The summed E-state index contributed by atoms with van der Waals surface area (Å²) in [5.74, 6) is 0.532. The van der Waals surface area contributed by atoms with Crippen LogP contribution in [0.5, 0.6) is 0 Å². The molecule has 0 unspecified atom stereocenters. The summed E-state index contributed by atoms with van der Waals surface area (Å²) in [6.45, 7) is -0.0509. The van der Waals surface area contributed by atoms with Gasteiger partial charge in [0, 0.05) is 0 Å². The summed E-state index contributed by atoms with van der Waals surface area (Å²) in [7, 11) is 0. The summed E-state index contributed by atoms with van der Waals surface area (Å²) in [5, 5.41) is 9.08. The predicted molar refractivity (Wildman–Crippen MR) is 47.8 cm³/mol. The van der Waals surface area contributed by atoms with Gasteiger partial charge in [0.05, 0.1) is 6.61 Å². The van der Waals surface area contributed by atoms with Crippen molar-refractivity contribution in [3.63, 3.8) is 0 Å². The Morgan fingerprint density at radius 3 is 2.91 bits per heavy atom. The van der Waals surface area contributed by atoms with Gasteiger partial charge in [0.1, 0.15) is 11.0 Å². The molecule has 0 fully saturated rings. The topological polar surface area (TPSA) is 45.2 Å². The highest BCUT2D eigenvalue weighted by molar-refractivity contribution is 7.81. The predicted octanol–water partition coefficient (Wildman–Crippen LogP) is 1.48. The zero-order chi connectivity index (χ0) is 8.27.